The molecule has 0 saturated carbocycles. The van der Waals surface area contributed by atoms with Crippen molar-refractivity contribution in [2.45, 2.75) is 277 Å². The number of rotatable bonds is 63. The second-order valence-electron chi connectivity index (χ2n) is 24.2. The van der Waals surface area contributed by atoms with Crippen molar-refractivity contribution < 1.29 is 42.1 Å². The fourth-order valence-electron chi connectivity index (χ4n) is 9.24. The first-order valence-electron chi connectivity index (χ1n) is 35.2. The lowest BCUT2D eigenvalue weighted by molar-refractivity contribution is -0.870. The molecule has 9 nitrogen and oxygen atoms in total. The summed E-state index contributed by atoms with van der Waals surface area (Å²) in [5, 5.41) is 0. The van der Waals surface area contributed by atoms with Crippen LogP contribution in [0.4, 0.5) is 0 Å². The zero-order valence-electron chi connectivity index (χ0n) is 56.9. The van der Waals surface area contributed by atoms with Gasteiger partial charge in [-0.25, -0.2) is 4.57 Å². The minimum atomic E-state index is -4.40. The largest absolute Gasteiger partial charge is 0.472 e. The van der Waals surface area contributed by atoms with Crippen LogP contribution in [0.5, 0.6) is 0 Å². The second-order valence-corrected chi connectivity index (χ2v) is 25.6. The summed E-state index contributed by atoms with van der Waals surface area (Å²) < 4.78 is 34.7. The van der Waals surface area contributed by atoms with Crippen LogP contribution in [-0.4, -0.2) is 74.9 Å². The van der Waals surface area contributed by atoms with Crippen LogP contribution in [0.1, 0.15) is 271 Å². The Morgan fingerprint density at radius 1 is 0.352 bits per heavy atom. The third kappa shape index (κ3) is 70.7. The summed E-state index contributed by atoms with van der Waals surface area (Å²) in [6, 6.07) is 0. The van der Waals surface area contributed by atoms with Crippen molar-refractivity contribution in [1.29, 1.82) is 0 Å². The van der Waals surface area contributed by atoms with E-state index in [4.69, 9.17) is 18.5 Å². The molecule has 0 aromatic rings. The lowest BCUT2D eigenvalue weighted by Gasteiger charge is -2.24. The van der Waals surface area contributed by atoms with Gasteiger partial charge in [-0.2, -0.15) is 0 Å². The molecule has 0 amide bonds. The average Bonchev–Trinajstić information content (AvgIpc) is 3.57. The molecule has 0 aliphatic rings. The minimum absolute atomic E-state index is 0.0234. The Bertz CT molecular complexity index is 2040. The van der Waals surface area contributed by atoms with Gasteiger partial charge in [0.1, 0.15) is 19.8 Å². The number of quaternary nitrogens is 1. The maximum absolute atomic E-state index is 12.9. The number of carbonyl (C=O) groups excluding carboxylic acids is 2. The van der Waals surface area contributed by atoms with E-state index in [1.54, 1.807) is 0 Å². The van der Waals surface area contributed by atoms with Crippen LogP contribution in [0.2, 0.25) is 0 Å². The number of esters is 2. The van der Waals surface area contributed by atoms with Gasteiger partial charge in [-0.3, -0.25) is 18.6 Å². The van der Waals surface area contributed by atoms with E-state index in [2.05, 4.69) is 172 Å². The maximum atomic E-state index is 12.9. The summed E-state index contributed by atoms with van der Waals surface area (Å²) in [4.78, 5) is 35.9. The molecule has 0 rings (SSSR count). The molecule has 2 unspecified atom stereocenters. The number of phosphoric acid groups is 1. The molecule has 0 saturated heterocycles. The maximum Gasteiger partial charge on any atom is 0.472 e. The van der Waals surface area contributed by atoms with E-state index in [9.17, 15) is 19.0 Å². The Morgan fingerprint density at radius 3 is 0.909 bits per heavy atom. The van der Waals surface area contributed by atoms with Gasteiger partial charge < -0.3 is 18.9 Å². The summed E-state index contributed by atoms with van der Waals surface area (Å²) in [5.74, 6) is -0.808. The van der Waals surface area contributed by atoms with E-state index in [0.717, 1.165) is 128 Å². The molecular weight excluding hydrogens is 1110 g/mol. The molecular formula is C78H131NO8P+. The van der Waals surface area contributed by atoms with E-state index in [1.807, 2.05) is 21.1 Å². The van der Waals surface area contributed by atoms with Crippen molar-refractivity contribution in [2.24, 2.45) is 0 Å². The number of nitrogens with zero attached hydrogens (tertiary/aromatic N) is 1. The van der Waals surface area contributed by atoms with Crippen LogP contribution in [0.3, 0.4) is 0 Å². The minimum Gasteiger partial charge on any atom is -0.462 e. The first-order chi connectivity index (χ1) is 43.0. The third-order valence-electron chi connectivity index (χ3n) is 14.6. The van der Waals surface area contributed by atoms with E-state index >= 15 is 0 Å². The van der Waals surface area contributed by atoms with E-state index in [0.29, 0.717) is 17.4 Å². The molecule has 0 aromatic carbocycles. The van der Waals surface area contributed by atoms with Gasteiger partial charge in [0.2, 0.25) is 0 Å². The van der Waals surface area contributed by atoms with Crippen LogP contribution < -0.4 is 0 Å². The number of carbonyl (C=O) groups is 2. The van der Waals surface area contributed by atoms with Gasteiger partial charge in [-0.05, 0) is 122 Å². The Morgan fingerprint density at radius 2 is 0.614 bits per heavy atom. The van der Waals surface area contributed by atoms with Crippen LogP contribution in [0.15, 0.2) is 158 Å². The van der Waals surface area contributed by atoms with Gasteiger partial charge in [-0.15, -0.1) is 0 Å². The van der Waals surface area contributed by atoms with Crippen LogP contribution in [-0.2, 0) is 32.7 Å². The number of hydrogen-bond donors (Lipinski definition) is 1. The van der Waals surface area contributed by atoms with Crippen molar-refractivity contribution in [3.05, 3.63) is 158 Å². The molecule has 500 valence electrons. The van der Waals surface area contributed by atoms with Crippen LogP contribution in [0, 0.1) is 0 Å². The van der Waals surface area contributed by atoms with Crippen molar-refractivity contribution in [3.63, 3.8) is 0 Å². The van der Waals surface area contributed by atoms with Gasteiger partial charge in [0.15, 0.2) is 6.10 Å². The molecule has 10 heteroatoms. The van der Waals surface area contributed by atoms with Gasteiger partial charge in [0.25, 0.3) is 0 Å². The first-order valence-corrected chi connectivity index (χ1v) is 36.7. The molecule has 0 fully saturated rings. The SMILES string of the molecule is CC/C=C\C/C=C\C/C=C\C/C=C\C/C=C\C/C=C\C/C=C\C/C=C\CCCCCCCCCCCCC(=O)OC(COC(=O)CCCCCCCCCCCCCCC/C=C\C/C=C\C/C=C\C/C=C\C/C=C\CC)COP(=O)(O)OCC[N+](C)(C)C. The van der Waals surface area contributed by atoms with Crippen molar-refractivity contribution in [1.82, 2.24) is 0 Å². The first kappa shape index (κ1) is 83.6. The molecule has 0 aromatic heterocycles. The highest BCUT2D eigenvalue weighted by molar-refractivity contribution is 7.47. The zero-order chi connectivity index (χ0) is 64.1. The summed E-state index contributed by atoms with van der Waals surface area (Å²) in [6.45, 7) is 4.20. The number of ether oxygens (including phenoxy) is 2. The molecule has 0 heterocycles. The summed E-state index contributed by atoms with van der Waals surface area (Å²) in [5.41, 5.74) is 0. The predicted molar refractivity (Wildman–Crippen MR) is 380 cm³/mol. The smallest absolute Gasteiger partial charge is 0.462 e. The fraction of sp³-hybridized carbons (Fsp3) is 0.641. The zero-order valence-corrected chi connectivity index (χ0v) is 57.8. The molecule has 0 aliphatic carbocycles. The number of phosphoric ester groups is 1. The van der Waals surface area contributed by atoms with Gasteiger partial charge in [0.05, 0.1) is 27.7 Å². The van der Waals surface area contributed by atoms with Crippen LogP contribution in [0.25, 0.3) is 0 Å². The molecule has 0 aliphatic heterocycles. The predicted octanol–water partition coefficient (Wildman–Crippen LogP) is 23.2. The normalized spacial score (nSPS) is 14.1. The number of likely N-dealkylation sites (N-methyl/N-ethyl adjacent to an activating group) is 1. The Balaban J connectivity index is 4.11. The lowest BCUT2D eigenvalue weighted by Crippen LogP contribution is -2.37. The monoisotopic (exact) mass is 1240 g/mol. The average molecular weight is 1240 g/mol. The highest BCUT2D eigenvalue weighted by Crippen LogP contribution is 2.43. The van der Waals surface area contributed by atoms with E-state index in [1.165, 1.54) is 109 Å². The summed E-state index contributed by atoms with van der Waals surface area (Å²) >= 11 is 0. The standard InChI is InChI=1S/C78H130NO8P/c1-6-8-10-12-14-16-18-20-22-24-26-28-30-32-34-36-37-38-39-40-41-43-45-47-49-51-53-55-57-59-61-63-65-67-69-71-78(81)87-76(75-86-88(82,83)85-73-72-79(3,4)5)74-84-77(80)70-68-66-64-62-60-58-56-54-52-50-48-46-44-42-35-33-31-29-27-25-23-21-19-17-15-13-11-9-7-2/h8-11,14-17,20-23,26-29,32-35,37-38,40-41,45,47,76H,6-7,12-13,18-19,24-25,30-31,36,39,42-44,46,48-75H2,1-5H3/p+1/b10-8-,11-9-,16-14-,17-15-,22-20-,23-21-,28-26-,29-27-,34-32-,35-33-,38-37-,41-40-,47-45-. The number of unbranched alkanes of at least 4 members (excludes halogenated alkanes) is 23. The Labute approximate surface area is 541 Å². The van der Waals surface area contributed by atoms with E-state index < -0.39 is 26.5 Å². The van der Waals surface area contributed by atoms with Gasteiger partial charge in [-0.1, -0.05) is 294 Å². The Kier molecular flexibility index (Phi) is 63.7. The second kappa shape index (κ2) is 67.0. The molecule has 0 spiro atoms. The quantitative estimate of drug-likeness (QED) is 0.0211. The van der Waals surface area contributed by atoms with Crippen molar-refractivity contribution in [2.75, 3.05) is 47.5 Å². The highest BCUT2D eigenvalue weighted by Gasteiger charge is 2.27. The summed E-state index contributed by atoms with van der Waals surface area (Å²) in [7, 11) is 1.46. The van der Waals surface area contributed by atoms with Gasteiger partial charge >= 0.3 is 19.8 Å². The van der Waals surface area contributed by atoms with E-state index in [-0.39, 0.29) is 32.0 Å². The molecule has 0 radical (unpaired) electrons. The van der Waals surface area contributed by atoms with Gasteiger partial charge in [0, 0.05) is 12.8 Å². The van der Waals surface area contributed by atoms with Crippen molar-refractivity contribution in [3.8, 4) is 0 Å². The molecule has 2 atom stereocenters. The number of hydrogen-bond acceptors (Lipinski definition) is 7. The fourth-order valence-corrected chi connectivity index (χ4v) is 9.98. The summed E-state index contributed by atoms with van der Waals surface area (Å²) in [6.07, 6.45) is 100. The molecule has 88 heavy (non-hydrogen) atoms. The van der Waals surface area contributed by atoms with Crippen molar-refractivity contribution >= 4 is 19.8 Å². The topological polar surface area (TPSA) is 108 Å². The number of allylic oxidation sites excluding steroid dienone is 26. The third-order valence-corrected chi connectivity index (χ3v) is 15.5. The highest BCUT2D eigenvalue weighted by atomic mass is 31.2. The Hall–Kier alpha value is -4.37. The van der Waals surface area contributed by atoms with Crippen LogP contribution >= 0.6 is 7.82 Å². The lowest BCUT2D eigenvalue weighted by atomic mass is 10.0. The molecule has 1 N–H and O–H groups in total. The molecule has 0 bridgehead atoms.